The highest BCUT2D eigenvalue weighted by Crippen LogP contribution is 2.43. The number of benzene rings is 2. The van der Waals surface area contributed by atoms with Gasteiger partial charge in [0.1, 0.15) is 11.6 Å². The van der Waals surface area contributed by atoms with Gasteiger partial charge in [-0.05, 0) is 104 Å². The molecule has 2 aliphatic carbocycles. The van der Waals surface area contributed by atoms with Crippen LogP contribution >= 0.6 is 0 Å². The molecule has 0 N–H and O–H groups in total. The minimum atomic E-state index is -1.65. The van der Waals surface area contributed by atoms with Gasteiger partial charge >= 0.3 is 0 Å². The predicted octanol–water partition coefficient (Wildman–Crippen LogP) is 9.78. The monoisotopic (exact) mass is 492 g/mol. The quantitative estimate of drug-likeness (QED) is 0.195. The van der Waals surface area contributed by atoms with Gasteiger partial charge in [0.2, 0.25) is 0 Å². The second-order valence-electron chi connectivity index (χ2n) is 10.9. The maximum Gasteiger partial charge on any atom is 0.194 e. The standard InChI is InChI=1S/C30H37F5/c1-2-3-4-5-19-6-10-22(11-7-19)23-12-8-20(9-13-23)14-21-15-25(31)29(26(32)16-21)24-17-27(33)30(35)28(34)18-24/h15-20,22-23H,2-14H2,1H3. The maximum atomic E-state index is 14.8. The normalized spacial score (nSPS) is 25.1. The van der Waals surface area contributed by atoms with Crippen LogP contribution in [0.2, 0.25) is 0 Å². The zero-order valence-corrected chi connectivity index (χ0v) is 20.7. The van der Waals surface area contributed by atoms with Gasteiger partial charge in [0, 0.05) is 0 Å². The van der Waals surface area contributed by atoms with Crippen molar-refractivity contribution in [2.24, 2.45) is 23.7 Å². The maximum absolute atomic E-state index is 14.8. The molecule has 4 rings (SSSR count). The van der Waals surface area contributed by atoms with Gasteiger partial charge in [0.25, 0.3) is 0 Å². The van der Waals surface area contributed by atoms with E-state index in [0.29, 0.717) is 30.0 Å². The fourth-order valence-electron chi connectivity index (χ4n) is 6.55. The fourth-order valence-corrected chi connectivity index (χ4v) is 6.55. The summed E-state index contributed by atoms with van der Waals surface area (Å²) in [6.45, 7) is 2.26. The summed E-state index contributed by atoms with van der Waals surface area (Å²) < 4.78 is 69.9. The molecule has 0 atom stereocenters. The Morgan fingerprint density at radius 3 is 1.66 bits per heavy atom. The summed E-state index contributed by atoms with van der Waals surface area (Å²) in [6.07, 6.45) is 16.0. The summed E-state index contributed by atoms with van der Waals surface area (Å²) in [5, 5.41) is 0. The van der Waals surface area contributed by atoms with Crippen LogP contribution in [0.3, 0.4) is 0 Å². The van der Waals surface area contributed by atoms with Gasteiger partial charge < -0.3 is 0 Å². The van der Waals surface area contributed by atoms with Gasteiger partial charge in [-0.2, -0.15) is 0 Å². The highest BCUT2D eigenvalue weighted by atomic mass is 19.2. The zero-order valence-electron chi connectivity index (χ0n) is 20.7. The van der Waals surface area contributed by atoms with E-state index in [9.17, 15) is 22.0 Å². The Bertz CT molecular complexity index is 938. The lowest BCUT2D eigenvalue weighted by Gasteiger charge is -2.38. The number of rotatable bonds is 8. The smallest absolute Gasteiger partial charge is 0.194 e. The molecule has 0 saturated heterocycles. The van der Waals surface area contributed by atoms with E-state index in [-0.39, 0.29) is 5.56 Å². The van der Waals surface area contributed by atoms with E-state index < -0.39 is 34.6 Å². The Morgan fingerprint density at radius 1 is 0.629 bits per heavy atom. The van der Waals surface area contributed by atoms with E-state index in [0.717, 1.165) is 30.6 Å². The van der Waals surface area contributed by atoms with Crippen molar-refractivity contribution in [2.75, 3.05) is 0 Å². The van der Waals surface area contributed by atoms with E-state index >= 15 is 0 Å². The molecule has 0 aromatic heterocycles. The van der Waals surface area contributed by atoms with Gasteiger partial charge in [-0.1, -0.05) is 45.4 Å². The number of hydrogen-bond donors (Lipinski definition) is 0. The third-order valence-corrected chi connectivity index (χ3v) is 8.56. The first kappa shape index (κ1) is 26.2. The van der Waals surface area contributed by atoms with Crippen LogP contribution < -0.4 is 0 Å². The minimum Gasteiger partial charge on any atom is -0.206 e. The zero-order chi connectivity index (χ0) is 24.9. The second-order valence-corrected chi connectivity index (χ2v) is 10.9. The third-order valence-electron chi connectivity index (χ3n) is 8.56. The number of unbranched alkanes of at least 4 members (excludes halogenated alkanes) is 2. The number of halogens is 5. The molecular formula is C30H37F5. The molecule has 2 aromatic carbocycles. The van der Waals surface area contributed by atoms with Crippen LogP contribution in [-0.4, -0.2) is 0 Å². The molecule has 2 aromatic rings. The van der Waals surface area contributed by atoms with Crippen LogP contribution in [-0.2, 0) is 6.42 Å². The average Bonchev–Trinajstić information content (AvgIpc) is 2.83. The van der Waals surface area contributed by atoms with Gasteiger partial charge in [-0.15, -0.1) is 0 Å². The summed E-state index contributed by atoms with van der Waals surface area (Å²) in [5.41, 5.74) is -0.313. The lowest BCUT2D eigenvalue weighted by molar-refractivity contribution is 0.142. The molecule has 0 radical (unpaired) electrons. The first-order valence-electron chi connectivity index (χ1n) is 13.5. The summed E-state index contributed by atoms with van der Waals surface area (Å²) in [6, 6.07) is 3.76. The molecule has 0 bridgehead atoms. The molecule has 0 heterocycles. The predicted molar refractivity (Wildman–Crippen MR) is 130 cm³/mol. The third kappa shape index (κ3) is 6.46. The van der Waals surface area contributed by atoms with E-state index in [1.165, 1.54) is 76.3 Å². The first-order chi connectivity index (χ1) is 16.9. The average molecular weight is 493 g/mol. The Kier molecular flexibility index (Phi) is 8.88. The van der Waals surface area contributed by atoms with Gasteiger partial charge in [-0.3, -0.25) is 0 Å². The molecule has 0 unspecified atom stereocenters. The van der Waals surface area contributed by atoms with Crippen molar-refractivity contribution < 1.29 is 22.0 Å². The van der Waals surface area contributed by atoms with Crippen molar-refractivity contribution in [3.63, 3.8) is 0 Å². The highest BCUT2D eigenvalue weighted by Gasteiger charge is 2.31. The van der Waals surface area contributed by atoms with E-state index in [4.69, 9.17) is 0 Å². The molecule has 0 nitrogen and oxygen atoms in total. The number of hydrogen-bond acceptors (Lipinski definition) is 0. The van der Waals surface area contributed by atoms with Gasteiger partial charge in [0.15, 0.2) is 17.5 Å². The molecule has 0 spiro atoms. The Balaban J connectivity index is 1.30. The molecule has 2 aliphatic rings. The Labute approximate surface area is 206 Å². The van der Waals surface area contributed by atoms with Crippen LogP contribution in [0.25, 0.3) is 11.1 Å². The molecule has 192 valence electrons. The molecule has 0 amide bonds. The summed E-state index contributed by atoms with van der Waals surface area (Å²) in [5.74, 6) is -3.42. The lowest BCUT2D eigenvalue weighted by Crippen LogP contribution is -2.26. The topological polar surface area (TPSA) is 0 Å². The van der Waals surface area contributed by atoms with Crippen LogP contribution in [0, 0.1) is 52.8 Å². The van der Waals surface area contributed by atoms with Crippen molar-refractivity contribution >= 4 is 0 Å². The summed E-state index contributed by atoms with van der Waals surface area (Å²) >= 11 is 0. The lowest BCUT2D eigenvalue weighted by atomic mass is 9.68. The van der Waals surface area contributed by atoms with E-state index in [2.05, 4.69) is 6.92 Å². The Hall–Kier alpha value is -1.91. The van der Waals surface area contributed by atoms with Crippen molar-refractivity contribution in [2.45, 2.75) is 90.4 Å². The van der Waals surface area contributed by atoms with Gasteiger partial charge in [-0.25, -0.2) is 22.0 Å². The SMILES string of the molecule is CCCCCC1CCC(C2CCC(Cc3cc(F)c(-c4cc(F)c(F)c(F)c4)c(F)c3)CC2)CC1. The summed E-state index contributed by atoms with van der Waals surface area (Å²) in [7, 11) is 0. The molecule has 0 aliphatic heterocycles. The van der Waals surface area contributed by atoms with E-state index in [1.807, 2.05) is 0 Å². The first-order valence-corrected chi connectivity index (χ1v) is 13.5. The largest absolute Gasteiger partial charge is 0.206 e. The van der Waals surface area contributed by atoms with Crippen molar-refractivity contribution in [3.05, 3.63) is 58.9 Å². The molecule has 35 heavy (non-hydrogen) atoms. The molecule has 2 fully saturated rings. The van der Waals surface area contributed by atoms with Crippen molar-refractivity contribution in [3.8, 4) is 11.1 Å². The Morgan fingerprint density at radius 2 is 1.14 bits per heavy atom. The van der Waals surface area contributed by atoms with Crippen LogP contribution in [0.4, 0.5) is 22.0 Å². The molecule has 2 saturated carbocycles. The van der Waals surface area contributed by atoms with Gasteiger partial charge in [0.05, 0.1) is 5.56 Å². The summed E-state index contributed by atoms with van der Waals surface area (Å²) in [4.78, 5) is 0. The second kappa shape index (κ2) is 11.9. The van der Waals surface area contributed by atoms with Crippen molar-refractivity contribution in [1.29, 1.82) is 0 Å². The molecular weight excluding hydrogens is 455 g/mol. The highest BCUT2D eigenvalue weighted by molar-refractivity contribution is 5.65. The van der Waals surface area contributed by atoms with Crippen LogP contribution in [0.15, 0.2) is 24.3 Å². The fraction of sp³-hybridized carbons (Fsp3) is 0.600. The van der Waals surface area contributed by atoms with Crippen molar-refractivity contribution in [1.82, 2.24) is 0 Å². The van der Waals surface area contributed by atoms with Crippen LogP contribution in [0.1, 0.15) is 89.5 Å². The van der Waals surface area contributed by atoms with Crippen LogP contribution in [0.5, 0.6) is 0 Å². The minimum absolute atomic E-state index is 0.344. The van der Waals surface area contributed by atoms with E-state index in [1.54, 1.807) is 0 Å². The molecule has 5 heteroatoms.